The molecule has 84 valence electrons. The Balaban J connectivity index is 2.05. The summed E-state index contributed by atoms with van der Waals surface area (Å²) in [6, 6.07) is 0. The van der Waals surface area contributed by atoms with E-state index in [4.69, 9.17) is 9.47 Å². The van der Waals surface area contributed by atoms with Crippen LogP contribution in [0.5, 0.6) is 0 Å². The third-order valence-electron chi connectivity index (χ3n) is 1.71. The van der Waals surface area contributed by atoms with E-state index in [-0.39, 0.29) is 19.1 Å². The van der Waals surface area contributed by atoms with Crippen LogP contribution in [0.1, 0.15) is 6.42 Å². The molecule has 1 atom stereocenters. The second-order valence-electron chi connectivity index (χ2n) is 2.87. The number of rotatable bonds is 7. The maximum Gasteiger partial charge on any atom is 0.104 e. The Hall–Kier alpha value is 0.620. The van der Waals surface area contributed by atoms with Gasteiger partial charge in [-0.2, -0.15) is 0 Å². The summed E-state index contributed by atoms with van der Waals surface area (Å²) in [6.45, 7) is 1.18. The summed E-state index contributed by atoms with van der Waals surface area (Å²) >= 11 is 0. The van der Waals surface area contributed by atoms with Crippen molar-refractivity contribution in [2.24, 2.45) is 0 Å². The fourth-order valence-electron chi connectivity index (χ4n) is 0.856. The molecule has 0 radical (unpaired) electrons. The third kappa shape index (κ3) is 4.91. The minimum absolute atomic E-state index is 0.00979. The van der Waals surface area contributed by atoms with Gasteiger partial charge in [-0.05, 0) is 6.42 Å². The molecule has 1 saturated heterocycles. The van der Waals surface area contributed by atoms with Crippen LogP contribution in [0.2, 0.25) is 0 Å². The average Bonchev–Trinajstić information content (AvgIpc) is 2.86. The van der Waals surface area contributed by atoms with Gasteiger partial charge in [0.05, 0.1) is 13.2 Å². The summed E-state index contributed by atoms with van der Waals surface area (Å²) in [5, 5.41) is -1.31. The highest BCUT2D eigenvalue weighted by molar-refractivity contribution is 7.61. The fourth-order valence-corrected chi connectivity index (χ4v) is 2.10. The highest BCUT2D eigenvalue weighted by Crippen LogP contribution is 2.40. The van der Waals surface area contributed by atoms with Gasteiger partial charge in [0.15, 0.2) is 0 Å². The first-order valence-corrected chi connectivity index (χ1v) is 6.57. The van der Waals surface area contributed by atoms with Gasteiger partial charge in [0, 0.05) is 6.61 Å². The predicted molar refractivity (Wildman–Crippen MR) is 42.8 cm³/mol. The first kappa shape index (κ1) is 12.7. The molecule has 6 nitrogen and oxygen atoms in total. The van der Waals surface area contributed by atoms with E-state index in [2.05, 4.69) is 0 Å². The maximum atomic E-state index is 10.5. The van der Waals surface area contributed by atoms with Gasteiger partial charge < -0.3 is 45.8 Å². The van der Waals surface area contributed by atoms with E-state index >= 15 is 0 Å². The molecular weight excluding hydrogens is 230 g/mol. The molecule has 0 N–H and O–H groups in total. The van der Waals surface area contributed by atoms with E-state index in [1.54, 1.807) is 0 Å². The van der Waals surface area contributed by atoms with Crippen molar-refractivity contribution in [3.63, 3.8) is 0 Å². The minimum atomic E-state index is -2.93. The van der Waals surface area contributed by atoms with Crippen molar-refractivity contribution in [1.82, 2.24) is 0 Å². The molecule has 0 aromatic rings. The van der Waals surface area contributed by atoms with Gasteiger partial charge in [-0.15, -0.1) is 0 Å². The molecule has 1 aliphatic rings. The quantitative estimate of drug-likeness (QED) is 0.269. The highest BCUT2D eigenvalue weighted by atomic mass is 31.2. The van der Waals surface area contributed by atoms with Crippen molar-refractivity contribution in [3.8, 4) is 0 Å². The van der Waals surface area contributed by atoms with Crippen molar-refractivity contribution < 1.29 is 29.0 Å². The summed E-state index contributed by atoms with van der Waals surface area (Å²) in [5.74, 6) is 0. The van der Waals surface area contributed by atoms with E-state index in [0.29, 0.717) is 13.2 Å². The van der Waals surface area contributed by atoms with Crippen molar-refractivity contribution in [3.05, 3.63) is 0 Å². The number of epoxide rings is 1. The van der Waals surface area contributed by atoms with Crippen LogP contribution in [-0.2, 0) is 9.47 Å². The van der Waals surface area contributed by atoms with Crippen LogP contribution < -0.4 is 19.6 Å². The first-order chi connectivity index (χ1) is 6.61. The Morgan fingerprint density at radius 2 is 1.86 bits per heavy atom. The van der Waals surface area contributed by atoms with Crippen LogP contribution in [-0.4, -0.2) is 31.3 Å². The van der Waals surface area contributed by atoms with Gasteiger partial charge >= 0.3 is 0 Å². The summed E-state index contributed by atoms with van der Waals surface area (Å²) in [6.07, 6.45) is 0.0971. The van der Waals surface area contributed by atoms with Crippen molar-refractivity contribution in [2.45, 2.75) is 17.9 Å². The summed E-state index contributed by atoms with van der Waals surface area (Å²) in [5.41, 5.74) is 0. The molecule has 8 heteroatoms. The molecule has 0 saturated carbocycles. The second kappa shape index (κ2) is 6.26. The molecule has 0 aliphatic carbocycles. The molecule has 1 unspecified atom stereocenters. The van der Waals surface area contributed by atoms with Gasteiger partial charge in [0.1, 0.15) is 6.10 Å². The second-order valence-corrected chi connectivity index (χ2v) is 5.67. The Labute approximate surface area is 84.3 Å². The van der Waals surface area contributed by atoms with Crippen LogP contribution in [0.4, 0.5) is 0 Å². The van der Waals surface area contributed by atoms with Crippen LogP contribution in [0.15, 0.2) is 0 Å². The normalized spacial score (nSPS) is 21.2. The molecule has 0 spiro atoms. The molecule has 1 rings (SSSR count). The lowest BCUT2D eigenvalue weighted by molar-refractivity contribution is -0.307. The highest BCUT2D eigenvalue weighted by Gasteiger charge is 2.22. The zero-order valence-corrected chi connectivity index (χ0v) is 9.12. The number of ether oxygens (including phenoxy) is 2. The first-order valence-electron chi connectivity index (χ1n) is 4.07. The number of hydrogen-bond acceptors (Lipinski definition) is 6. The van der Waals surface area contributed by atoms with Crippen LogP contribution in [0, 0.1) is 0 Å². The molecule has 0 aromatic carbocycles. The molecule has 0 amide bonds. The Bertz CT molecular complexity index is 154. The predicted octanol–water partition coefficient (Wildman–Crippen LogP) is -2.82. The van der Waals surface area contributed by atoms with Crippen molar-refractivity contribution >= 4 is 16.8 Å². The standard InChI is InChI=1S/C6H10O6P2/c7-13(8)6(14(9)10)1-2-11-3-5-4-12-5/h5-6H,1-4H2/q-4. The van der Waals surface area contributed by atoms with Gasteiger partial charge in [0.25, 0.3) is 0 Å². The minimum Gasteiger partial charge on any atom is -0.841 e. The van der Waals surface area contributed by atoms with Crippen LogP contribution >= 0.6 is 16.8 Å². The van der Waals surface area contributed by atoms with E-state index in [1.165, 1.54) is 0 Å². The SMILES string of the molecule is [O-]P([O-])C(CCOCC1CO1)P([O-])[O-]. The third-order valence-corrected chi connectivity index (χ3v) is 4.33. The van der Waals surface area contributed by atoms with Gasteiger partial charge in [-0.1, -0.05) is 5.40 Å². The summed E-state index contributed by atoms with van der Waals surface area (Å²) < 4.78 is 9.88. The largest absolute Gasteiger partial charge is 0.841 e. The van der Waals surface area contributed by atoms with Gasteiger partial charge in [-0.25, -0.2) is 0 Å². The van der Waals surface area contributed by atoms with E-state index < -0.39 is 22.2 Å². The molecule has 0 bridgehead atoms. The molecule has 1 aliphatic heterocycles. The van der Waals surface area contributed by atoms with E-state index in [0.717, 1.165) is 0 Å². The van der Waals surface area contributed by atoms with Crippen LogP contribution in [0.25, 0.3) is 0 Å². The molecule has 1 fully saturated rings. The Kier molecular flexibility index (Phi) is 5.67. The van der Waals surface area contributed by atoms with Crippen molar-refractivity contribution in [2.75, 3.05) is 19.8 Å². The van der Waals surface area contributed by atoms with Crippen molar-refractivity contribution in [1.29, 1.82) is 0 Å². The Morgan fingerprint density at radius 3 is 2.29 bits per heavy atom. The molecule has 14 heavy (non-hydrogen) atoms. The smallest absolute Gasteiger partial charge is 0.104 e. The molecule has 1 heterocycles. The monoisotopic (exact) mass is 240 g/mol. The lowest BCUT2D eigenvalue weighted by Gasteiger charge is -2.52. The lowest BCUT2D eigenvalue weighted by Crippen LogP contribution is -2.29. The number of hydrogen-bond donors (Lipinski definition) is 0. The lowest BCUT2D eigenvalue weighted by atomic mass is 10.5. The molecular formula is C6H10O6P2-4. The average molecular weight is 240 g/mol. The maximum absolute atomic E-state index is 10.5. The van der Waals surface area contributed by atoms with Crippen LogP contribution in [0.3, 0.4) is 0 Å². The summed E-state index contributed by atoms with van der Waals surface area (Å²) in [7, 11) is -5.85. The fraction of sp³-hybridized carbons (Fsp3) is 1.00. The zero-order valence-electron chi connectivity index (χ0n) is 7.33. The Morgan fingerprint density at radius 1 is 1.29 bits per heavy atom. The van der Waals surface area contributed by atoms with Gasteiger partial charge in [0.2, 0.25) is 0 Å². The topological polar surface area (TPSA) is 114 Å². The van der Waals surface area contributed by atoms with E-state index in [1.807, 2.05) is 0 Å². The summed E-state index contributed by atoms with van der Waals surface area (Å²) in [4.78, 5) is 41.8. The molecule has 0 aromatic heterocycles. The zero-order chi connectivity index (χ0) is 10.6. The van der Waals surface area contributed by atoms with Gasteiger partial charge in [-0.3, -0.25) is 0 Å². The van der Waals surface area contributed by atoms with E-state index in [9.17, 15) is 19.6 Å².